The average Bonchev–Trinajstić information content (AvgIpc) is 3.08. The summed E-state index contributed by atoms with van der Waals surface area (Å²) in [5.41, 5.74) is 4.25. The van der Waals surface area contributed by atoms with Crippen molar-refractivity contribution in [3.05, 3.63) is 42.5 Å². The third-order valence-electron chi connectivity index (χ3n) is 5.53. The molecule has 1 aliphatic rings. The molecule has 4 heterocycles. The fourth-order valence-corrected chi connectivity index (χ4v) is 3.56. The van der Waals surface area contributed by atoms with E-state index >= 15 is 0 Å². The van der Waals surface area contributed by atoms with E-state index < -0.39 is 0 Å². The van der Waals surface area contributed by atoms with Crippen molar-refractivity contribution in [2.45, 2.75) is 26.7 Å². The second kappa shape index (κ2) is 6.72. The summed E-state index contributed by atoms with van der Waals surface area (Å²) in [7, 11) is 2.19. The molecule has 0 radical (unpaired) electrons. The molecule has 0 amide bonds. The number of aryl methyl sites for hydroxylation is 1. The van der Waals surface area contributed by atoms with E-state index in [-0.39, 0.29) is 5.41 Å². The van der Waals surface area contributed by atoms with Crippen molar-refractivity contribution >= 4 is 11.0 Å². The van der Waals surface area contributed by atoms with Crippen LogP contribution in [0.3, 0.4) is 0 Å². The number of hydrogen-bond acceptors (Lipinski definition) is 4. The molecule has 0 aliphatic carbocycles. The first-order valence-corrected chi connectivity index (χ1v) is 9.25. The predicted octanol–water partition coefficient (Wildman–Crippen LogP) is 4.04. The predicted molar refractivity (Wildman–Crippen MR) is 104 cm³/mol. The summed E-state index contributed by atoms with van der Waals surface area (Å²) in [5.74, 6) is 0.895. The van der Waals surface area contributed by atoms with Gasteiger partial charge in [0.15, 0.2) is 0 Å². The van der Waals surface area contributed by atoms with Crippen molar-refractivity contribution < 1.29 is 4.74 Å². The molecule has 1 fully saturated rings. The van der Waals surface area contributed by atoms with Crippen LogP contribution in [0, 0.1) is 12.3 Å². The minimum Gasteiger partial charge on any atom is -0.492 e. The first kappa shape index (κ1) is 17.0. The van der Waals surface area contributed by atoms with Crippen LogP contribution in [-0.4, -0.2) is 46.6 Å². The fourth-order valence-electron chi connectivity index (χ4n) is 3.56. The molecule has 4 rings (SSSR count). The molecule has 0 saturated carbocycles. The van der Waals surface area contributed by atoms with Gasteiger partial charge in [-0.05, 0) is 52.0 Å². The highest BCUT2D eigenvalue weighted by Crippen LogP contribution is 2.36. The molecule has 5 heteroatoms. The molecule has 1 N–H and O–H groups in total. The van der Waals surface area contributed by atoms with Crippen molar-refractivity contribution in [3.8, 4) is 16.9 Å². The Morgan fingerprint density at radius 2 is 2.00 bits per heavy atom. The summed E-state index contributed by atoms with van der Waals surface area (Å²) in [6, 6.07) is 6.10. The summed E-state index contributed by atoms with van der Waals surface area (Å²) in [4.78, 5) is 14.6. The van der Waals surface area contributed by atoms with Gasteiger partial charge < -0.3 is 14.6 Å². The highest BCUT2D eigenvalue weighted by molar-refractivity contribution is 5.97. The van der Waals surface area contributed by atoms with Crippen LogP contribution in [0.5, 0.6) is 5.75 Å². The number of aromatic amines is 1. The molecule has 0 spiro atoms. The fraction of sp³-hybridized carbons (Fsp3) is 0.429. The van der Waals surface area contributed by atoms with E-state index in [0.717, 1.165) is 53.3 Å². The third-order valence-corrected chi connectivity index (χ3v) is 5.53. The Bertz CT molecular complexity index is 892. The molecular formula is C21H26N4O. The van der Waals surface area contributed by atoms with E-state index in [4.69, 9.17) is 4.74 Å². The van der Waals surface area contributed by atoms with Gasteiger partial charge in [0, 0.05) is 40.8 Å². The molecule has 0 bridgehead atoms. The summed E-state index contributed by atoms with van der Waals surface area (Å²) >= 11 is 0. The van der Waals surface area contributed by atoms with E-state index in [1.54, 1.807) is 0 Å². The maximum atomic E-state index is 6.34. The summed E-state index contributed by atoms with van der Waals surface area (Å²) in [5, 5.41) is 1.04. The molecule has 0 aromatic carbocycles. The lowest BCUT2D eigenvalue weighted by Crippen LogP contribution is -2.39. The number of rotatable bonds is 4. The maximum absolute atomic E-state index is 6.34. The van der Waals surface area contributed by atoms with Gasteiger partial charge in [0.1, 0.15) is 11.4 Å². The van der Waals surface area contributed by atoms with Gasteiger partial charge in [-0.25, -0.2) is 4.98 Å². The van der Waals surface area contributed by atoms with Gasteiger partial charge in [0.25, 0.3) is 0 Å². The molecule has 0 unspecified atom stereocenters. The van der Waals surface area contributed by atoms with E-state index in [9.17, 15) is 0 Å². The van der Waals surface area contributed by atoms with Crippen molar-refractivity contribution in [1.29, 1.82) is 0 Å². The lowest BCUT2D eigenvalue weighted by molar-refractivity contribution is 0.0811. The largest absolute Gasteiger partial charge is 0.492 e. The summed E-state index contributed by atoms with van der Waals surface area (Å²) in [6.07, 6.45) is 8.04. The van der Waals surface area contributed by atoms with Gasteiger partial charge in [-0.2, -0.15) is 0 Å². The standard InChI is InChI=1S/C21H26N4O/c1-15-4-5-16(12-23-15)17-13-24-20-19(17)18(6-9-22-20)26-14-21(2)7-10-25(3)11-8-21/h4-6,9,12-13H,7-8,10-11,14H2,1-3H3,(H,22,24). The molecule has 136 valence electrons. The molecule has 1 saturated heterocycles. The van der Waals surface area contributed by atoms with Gasteiger partial charge in [0.05, 0.1) is 12.0 Å². The van der Waals surface area contributed by atoms with E-state index in [1.165, 1.54) is 12.8 Å². The first-order valence-electron chi connectivity index (χ1n) is 9.25. The Labute approximate surface area is 154 Å². The maximum Gasteiger partial charge on any atom is 0.141 e. The number of ether oxygens (including phenoxy) is 1. The number of nitrogens with one attached hydrogen (secondary N) is 1. The van der Waals surface area contributed by atoms with Crippen LogP contribution in [0.2, 0.25) is 0 Å². The van der Waals surface area contributed by atoms with Crippen LogP contribution in [-0.2, 0) is 0 Å². The lowest BCUT2D eigenvalue weighted by atomic mass is 9.81. The Kier molecular flexibility index (Phi) is 4.41. The average molecular weight is 350 g/mol. The third kappa shape index (κ3) is 3.31. The second-order valence-corrected chi connectivity index (χ2v) is 7.83. The number of fused-ring (bicyclic) bond motifs is 1. The Balaban J connectivity index is 1.63. The summed E-state index contributed by atoms with van der Waals surface area (Å²) < 4.78 is 6.34. The number of pyridine rings is 2. The van der Waals surface area contributed by atoms with Gasteiger partial charge in [-0.1, -0.05) is 13.0 Å². The molecule has 3 aromatic rings. The van der Waals surface area contributed by atoms with Crippen LogP contribution >= 0.6 is 0 Å². The number of hydrogen-bond donors (Lipinski definition) is 1. The molecule has 26 heavy (non-hydrogen) atoms. The number of piperidine rings is 1. The normalized spacial score (nSPS) is 17.5. The van der Waals surface area contributed by atoms with Crippen LogP contribution in [0.15, 0.2) is 36.8 Å². The molecule has 1 aliphatic heterocycles. The molecular weight excluding hydrogens is 324 g/mol. The quantitative estimate of drug-likeness (QED) is 0.771. The lowest BCUT2D eigenvalue weighted by Gasteiger charge is -2.37. The Morgan fingerprint density at radius 1 is 1.19 bits per heavy atom. The number of likely N-dealkylation sites (tertiary alicyclic amines) is 1. The zero-order chi connectivity index (χ0) is 18.1. The van der Waals surface area contributed by atoms with E-state index in [2.05, 4.69) is 39.9 Å². The van der Waals surface area contributed by atoms with Crippen molar-refractivity contribution in [3.63, 3.8) is 0 Å². The van der Waals surface area contributed by atoms with Gasteiger partial charge in [0.2, 0.25) is 0 Å². The molecule has 0 atom stereocenters. The zero-order valence-electron chi connectivity index (χ0n) is 15.7. The van der Waals surface area contributed by atoms with Crippen molar-refractivity contribution in [2.24, 2.45) is 5.41 Å². The monoisotopic (exact) mass is 350 g/mol. The Morgan fingerprint density at radius 3 is 2.73 bits per heavy atom. The van der Waals surface area contributed by atoms with Crippen LogP contribution < -0.4 is 4.74 Å². The van der Waals surface area contributed by atoms with Crippen LogP contribution in [0.25, 0.3) is 22.2 Å². The van der Waals surface area contributed by atoms with E-state index in [1.807, 2.05) is 37.6 Å². The highest BCUT2D eigenvalue weighted by Gasteiger charge is 2.30. The zero-order valence-corrected chi connectivity index (χ0v) is 15.7. The first-order chi connectivity index (χ1) is 12.5. The molecule has 3 aromatic heterocycles. The minimum atomic E-state index is 0.226. The second-order valence-electron chi connectivity index (χ2n) is 7.83. The van der Waals surface area contributed by atoms with Gasteiger partial charge in [-0.15, -0.1) is 0 Å². The minimum absolute atomic E-state index is 0.226. The SMILES string of the molecule is Cc1ccc(-c2c[nH]c3nccc(OCC4(C)CCN(C)CC4)c23)cn1. The topological polar surface area (TPSA) is 54.0 Å². The molecule has 5 nitrogen and oxygen atoms in total. The van der Waals surface area contributed by atoms with Crippen molar-refractivity contribution in [1.82, 2.24) is 19.9 Å². The van der Waals surface area contributed by atoms with E-state index in [0.29, 0.717) is 0 Å². The smallest absolute Gasteiger partial charge is 0.141 e. The number of H-pyrrole nitrogens is 1. The van der Waals surface area contributed by atoms with Gasteiger partial charge in [-0.3, -0.25) is 4.98 Å². The van der Waals surface area contributed by atoms with Crippen LogP contribution in [0.1, 0.15) is 25.5 Å². The van der Waals surface area contributed by atoms with Crippen molar-refractivity contribution in [2.75, 3.05) is 26.7 Å². The Hall–Kier alpha value is -2.40. The van der Waals surface area contributed by atoms with Gasteiger partial charge >= 0.3 is 0 Å². The highest BCUT2D eigenvalue weighted by atomic mass is 16.5. The number of aromatic nitrogens is 3. The van der Waals surface area contributed by atoms with Crippen LogP contribution in [0.4, 0.5) is 0 Å². The number of nitrogens with zero attached hydrogens (tertiary/aromatic N) is 3. The summed E-state index contributed by atoms with van der Waals surface area (Å²) in [6.45, 7) is 7.33.